The molecule has 1 aliphatic rings. The molecule has 0 unspecified atom stereocenters. The second-order valence-corrected chi connectivity index (χ2v) is 11.3. The maximum atomic E-state index is 11.1. The van der Waals surface area contributed by atoms with Gasteiger partial charge >= 0.3 is 0 Å². The SMILES string of the molecule is CCCCCCCCCCCCCC.CN(C)Cc1ccccc1.O=C1NS(=O)(=O)c2ccccc21. The predicted octanol–water partition coefficient (Wildman–Crippen LogP) is 7.57. The summed E-state index contributed by atoms with van der Waals surface area (Å²) < 4.78 is 24.2. The fourth-order valence-corrected chi connectivity index (χ4v) is 5.16. The molecule has 36 heavy (non-hydrogen) atoms. The quantitative estimate of drug-likeness (QED) is 0.279. The van der Waals surface area contributed by atoms with E-state index in [0.717, 1.165) is 6.54 Å². The van der Waals surface area contributed by atoms with Crippen molar-refractivity contribution in [3.63, 3.8) is 0 Å². The molecule has 2 aromatic carbocycles. The number of hydrogen-bond acceptors (Lipinski definition) is 4. The number of hydrogen-bond donors (Lipinski definition) is 1. The van der Waals surface area contributed by atoms with Gasteiger partial charge in [-0.1, -0.05) is 133 Å². The lowest BCUT2D eigenvalue weighted by atomic mass is 10.1. The third-order valence-electron chi connectivity index (χ3n) is 5.95. The van der Waals surface area contributed by atoms with Crippen LogP contribution in [0.3, 0.4) is 0 Å². The number of nitrogens with one attached hydrogen (secondary N) is 1. The molecule has 202 valence electrons. The minimum atomic E-state index is -3.55. The first-order valence-electron chi connectivity index (χ1n) is 13.7. The molecule has 0 saturated carbocycles. The van der Waals surface area contributed by atoms with Crippen molar-refractivity contribution in [3.05, 3.63) is 65.7 Å². The highest BCUT2D eigenvalue weighted by Crippen LogP contribution is 2.20. The van der Waals surface area contributed by atoms with Crippen LogP contribution in [0.25, 0.3) is 0 Å². The van der Waals surface area contributed by atoms with E-state index >= 15 is 0 Å². The van der Waals surface area contributed by atoms with Gasteiger partial charge < -0.3 is 4.90 Å². The van der Waals surface area contributed by atoms with Crippen molar-refractivity contribution < 1.29 is 13.2 Å². The van der Waals surface area contributed by atoms with Gasteiger partial charge in [-0.3, -0.25) is 4.79 Å². The van der Waals surface area contributed by atoms with Crippen molar-refractivity contribution in [2.75, 3.05) is 14.1 Å². The third-order valence-corrected chi connectivity index (χ3v) is 7.34. The topological polar surface area (TPSA) is 66.5 Å². The van der Waals surface area contributed by atoms with Crippen molar-refractivity contribution in [1.29, 1.82) is 0 Å². The van der Waals surface area contributed by atoms with E-state index in [1.807, 2.05) is 10.8 Å². The first-order chi connectivity index (χ1) is 17.3. The molecule has 5 nitrogen and oxygen atoms in total. The largest absolute Gasteiger partial charge is 0.305 e. The van der Waals surface area contributed by atoms with E-state index in [2.05, 4.69) is 57.1 Å². The number of benzene rings is 2. The first-order valence-corrected chi connectivity index (χ1v) is 15.1. The molecular weight excluding hydrogens is 468 g/mol. The number of fused-ring (bicyclic) bond motifs is 1. The second kappa shape index (κ2) is 19.0. The summed E-state index contributed by atoms with van der Waals surface area (Å²) in [6, 6.07) is 16.5. The lowest BCUT2D eigenvalue weighted by Crippen LogP contribution is -2.20. The zero-order chi connectivity index (χ0) is 26.7. The smallest absolute Gasteiger partial charge is 0.266 e. The molecule has 0 atom stereocenters. The molecule has 1 aliphatic heterocycles. The van der Waals surface area contributed by atoms with Crippen LogP contribution in [0.1, 0.15) is 107 Å². The van der Waals surface area contributed by atoms with Crippen molar-refractivity contribution in [3.8, 4) is 0 Å². The highest BCUT2D eigenvalue weighted by atomic mass is 32.2. The average Bonchev–Trinajstić information content (AvgIpc) is 3.10. The van der Waals surface area contributed by atoms with Gasteiger partial charge in [0.05, 0.1) is 5.56 Å². The zero-order valence-electron chi connectivity index (χ0n) is 23.0. The Morgan fingerprint density at radius 2 is 1.11 bits per heavy atom. The van der Waals surface area contributed by atoms with Crippen LogP contribution >= 0.6 is 0 Å². The van der Waals surface area contributed by atoms with Crippen LogP contribution in [0.2, 0.25) is 0 Å². The van der Waals surface area contributed by atoms with E-state index in [0.29, 0.717) is 0 Å². The normalized spacial score (nSPS) is 13.2. The molecule has 1 N–H and O–H groups in total. The Bertz CT molecular complexity index is 932. The van der Waals surface area contributed by atoms with Crippen LogP contribution in [0, 0.1) is 0 Å². The number of amides is 1. The number of unbranched alkanes of at least 4 members (excludes halogenated alkanes) is 11. The average molecular weight is 517 g/mol. The molecule has 0 radical (unpaired) electrons. The fraction of sp³-hybridized carbons (Fsp3) is 0.567. The van der Waals surface area contributed by atoms with Gasteiger partial charge in [0.2, 0.25) is 0 Å². The molecule has 0 spiro atoms. The van der Waals surface area contributed by atoms with Crippen LogP contribution in [-0.2, 0) is 16.6 Å². The maximum absolute atomic E-state index is 11.1. The van der Waals surface area contributed by atoms with E-state index in [1.54, 1.807) is 12.1 Å². The summed E-state index contributed by atoms with van der Waals surface area (Å²) in [5.74, 6) is -0.550. The standard InChI is InChI=1S/C14H30.C9H13N.C7H5NO3S/c1-3-5-7-9-11-13-14-12-10-8-6-4-2;1-10(2)8-9-6-4-3-5-7-9;9-7-5-3-1-2-4-6(5)12(10,11)8-7/h3-14H2,1-2H3;3-7H,8H2,1-2H3;1-4H,(H,8,9). The van der Waals surface area contributed by atoms with Crippen LogP contribution in [-0.4, -0.2) is 33.3 Å². The van der Waals surface area contributed by atoms with Crippen molar-refractivity contribution in [1.82, 2.24) is 9.62 Å². The van der Waals surface area contributed by atoms with Gasteiger partial charge in [-0.2, -0.15) is 0 Å². The summed E-state index contributed by atoms with van der Waals surface area (Å²) in [7, 11) is 0.598. The molecule has 1 amide bonds. The summed E-state index contributed by atoms with van der Waals surface area (Å²) in [5.41, 5.74) is 1.59. The molecule has 0 aliphatic carbocycles. The Hall–Kier alpha value is -2.18. The number of nitrogens with zero attached hydrogens (tertiary/aromatic N) is 1. The molecule has 1 heterocycles. The summed E-state index contributed by atoms with van der Waals surface area (Å²) in [6.07, 6.45) is 17.4. The van der Waals surface area contributed by atoms with E-state index in [1.165, 1.54) is 94.7 Å². The lowest BCUT2D eigenvalue weighted by Gasteiger charge is -2.08. The first kappa shape index (κ1) is 31.8. The van der Waals surface area contributed by atoms with E-state index in [-0.39, 0.29) is 10.5 Å². The molecule has 2 aromatic rings. The van der Waals surface area contributed by atoms with E-state index < -0.39 is 15.9 Å². The Balaban J connectivity index is 0.000000273. The Morgan fingerprint density at radius 3 is 1.56 bits per heavy atom. The molecule has 6 heteroatoms. The zero-order valence-corrected chi connectivity index (χ0v) is 23.8. The van der Waals surface area contributed by atoms with Crippen LogP contribution in [0.15, 0.2) is 59.5 Å². The second-order valence-electron chi connectivity index (χ2n) is 9.69. The molecule has 3 rings (SSSR count). The van der Waals surface area contributed by atoms with Crippen LogP contribution in [0.5, 0.6) is 0 Å². The summed E-state index contributed by atoms with van der Waals surface area (Å²) in [6.45, 7) is 5.60. The van der Waals surface area contributed by atoms with Gasteiger partial charge in [-0.05, 0) is 31.8 Å². The number of carbonyl (C=O) groups excluding carboxylic acids is 1. The predicted molar refractivity (Wildman–Crippen MR) is 152 cm³/mol. The van der Waals surface area contributed by atoms with Crippen LogP contribution < -0.4 is 4.72 Å². The summed E-state index contributed by atoms with van der Waals surface area (Å²) in [5, 5.41) is 0. The Labute approximate surface area is 220 Å². The van der Waals surface area contributed by atoms with Gasteiger partial charge in [0.15, 0.2) is 0 Å². The maximum Gasteiger partial charge on any atom is 0.266 e. The highest BCUT2D eigenvalue weighted by molar-refractivity contribution is 7.90. The van der Waals surface area contributed by atoms with Gasteiger partial charge in [0.25, 0.3) is 15.9 Å². The molecule has 0 bridgehead atoms. The number of carbonyl (C=O) groups is 1. The van der Waals surface area contributed by atoms with Crippen molar-refractivity contribution >= 4 is 15.9 Å². The number of sulfonamides is 1. The van der Waals surface area contributed by atoms with Gasteiger partial charge in [0, 0.05) is 6.54 Å². The molecule has 0 saturated heterocycles. The minimum absolute atomic E-state index is 0.0648. The van der Waals surface area contributed by atoms with E-state index in [9.17, 15) is 13.2 Å². The fourth-order valence-electron chi connectivity index (χ4n) is 3.98. The van der Waals surface area contributed by atoms with Crippen molar-refractivity contribution in [2.45, 2.75) is 102 Å². The lowest BCUT2D eigenvalue weighted by molar-refractivity contribution is 0.0985. The molecule has 0 aromatic heterocycles. The molecule has 0 fully saturated rings. The summed E-state index contributed by atoms with van der Waals surface area (Å²) >= 11 is 0. The third kappa shape index (κ3) is 13.8. The van der Waals surface area contributed by atoms with Gasteiger partial charge in [-0.25, -0.2) is 13.1 Å². The summed E-state index contributed by atoms with van der Waals surface area (Å²) in [4.78, 5) is 13.2. The van der Waals surface area contributed by atoms with E-state index in [4.69, 9.17) is 0 Å². The van der Waals surface area contributed by atoms with Crippen molar-refractivity contribution in [2.24, 2.45) is 0 Å². The van der Waals surface area contributed by atoms with Crippen LogP contribution in [0.4, 0.5) is 0 Å². The number of rotatable bonds is 13. The van der Waals surface area contributed by atoms with Gasteiger partial charge in [-0.15, -0.1) is 0 Å². The monoisotopic (exact) mass is 516 g/mol. The van der Waals surface area contributed by atoms with Gasteiger partial charge in [0.1, 0.15) is 4.90 Å². The Morgan fingerprint density at radius 1 is 0.667 bits per heavy atom. The Kier molecular flexibility index (Phi) is 16.8. The highest BCUT2D eigenvalue weighted by Gasteiger charge is 2.31. The minimum Gasteiger partial charge on any atom is -0.305 e. The molecular formula is C30H48N2O3S.